The zero-order chi connectivity index (χ0) is 22.0. The fourth-order valence-electron chi connectivity index (χ4n) is 3.63. The normalized spacial score (nSPS) is 18.3. The van der Waals surface area contributed by atoms with Gasteiger partial charge in [-0.05, 0) is 53.2 Å². The lowest BCUT2D eigenvalue weighted by molar-refractivity contribution is -0.120. The summed E-state index contributed by atoms with van der Waals surface area (Å²) in [6, 6.07) is 11.6. The minimum Gasteiger partial charge on any atom is -0.457 e. The SMILES string of the molecule is O=C(C[C@H]1NCC[C@@H]1OC(=O)c1ccccc1)Cn1cnc2cc(Br)c(Cl)cc2c1=O. The Kier molecular flexibility index (Phi) is 6.50. The Bertz CT molecular complexity index is 1200. The molecule has 0 bridgehead atoms. The van der Waals surface area contributed by atoms with E-state index in [1.54, 1.807) is 30.3 Å². The van der Waals surface area contributed by atoms with Gasteiger partial charge >= 0.3 is 5.97 Å². The van der Waals surface area contributed by atoms with Crippen molar-refractivity contribution in [3.63, 3.8) is 0 Å². The van der Waals surface area contributed by atoms with E-state index in [-0.39, 0.29) is 30.3 Å². The molecule has 2 aromatic carbocycles. The fourth-order valence-corrected chi connectivity index (χ4v) is 4.13. The molecule has 1 N–H and O–H groups in total. The van der Waals surface area contributed by atoms with Crippen LogP contribution in [0.15, 0.2) is 58.1 Å². The van der Waals surface area contributed by atoms with Crippen LogP contribution in [0.25, 0.3) is 10.9 Å². The molecule has 1 aliphatic rings. The van der Waals surface area contributed by atoms with Gasteiger partial charge in [-0.3, -0.25) is 14.2 Å². The van der Waals surface area contributed by atoms with E-state index in [0.717, 1.165) is 0 Å². The Balaban J connectivity index is 1.43. The number of esters is 1. The number of fused-ring (bicyclic) bond motifs is 1. The van der Waals surface area contributed by atoms with Crippen molar-refractivity contribution in [2.24, 2.45) is 0 Å². The lowest BCUT2D eigenvalue weighted by atomic mass is 10.1. The van der Waals surface area contributed by atoms with E-state index in [1.165, 1.54) is 17.0 Å². The molecule has 160 valence electrons. The van der Waals surface area contributed by atoms with E-state index < -0.39 is 12.1 Å². The summed E-state index contributed by atoms with van der Waals surface area (Å²) in [4.78, 5) is 42.0. The zero-order valence-corrected chi connectivity index (χ0v) is 18.7. The molecule has 1 fully saturated rings. The summed E-state index contributed by atoms with van der Waals surface area (Å²) < 4.78 is 7.53. The number of hydrogen-bond donors (Lipinski definition) is 1. The predicted molar refractivity (Wildman–Crippen MR) is 120 cm³/mol. The number of ether oxygens (including phenoxy) is 1. The first kappa shape index (κ1) is 21.7. The van der Waals surface area contributed by atoms with Crippen molar-refractivity contribution in [3.8, 4) is 0 Å². The van der Waals surface area contributed by atoms with Crippen LogP contribution in [0.5, 0.6) is 0 Å². The average molecular weight is 505 g/mol. The second kappa shape index (κ2) is 9.30. The molecule has 2 atom stereocenters. The number of benzene rings is 2. The molecule has 31 heavy (non-hydrogen) atoms. The molecule has 0 radical (unpaired) electrons. The lowest BCUT2D eigenvalue weighted by Gasteiger charge is -2.19. The summed E-state index contributed by atoms with van der Waals surface area (Å²) in [5.74, 6) is -0.573. The number of nitrogens with zero attached hydrogens (tertiary/aromatic N) is 2. The van der Waals surface area contributed by atoms with Crippen LogP contribution in [0.1, 0.15) is 23.2 Å². The first-order chi connectivity index (χ1) is 14.9. The quantitative estimate of drug-likeness (QED) is 0.518. The monoisotopic (exact) mass is 503 g/mol. The summed E-state index contributed by atoms with van der Waals surface area (Å²) in [6.45, 7) is 0.530. The van der Waals surface area contributed by atoms with Crippen LogP contribution in [-0.4, -0.2) is 40.0 Å². The molecule has 4 rings (SSSR count). The highest BCUT2D eigenvalue weighted by atomic mass is 79.9. The van der Waals surface area contributed by atoms with Crippen LogP contribution in [-0.2, 0) is 16.1 Å². The molecule has 1 saturated heterocycles. The number of hydrogen-bond acceptors (Lipinski definition) is 6. The van der Waals surface area contributed by atoms with Crippen molar-refractivity contribution in [1.82, 2.24) is 14.9 Å². The third-order valence-electron chi connectivity index (χ3n) is 5.21. The van der Waals surface area contributed by atoms with Gasteiger partial charge < -0.3 is 10.1 Å². The second-order valence-electron chi connectivity index (χ2n) is 7.36. The summed E-state index contributed by atoms with van der Waals surface area (Å²) in [5.41, 5.74) is 0.632. The van der Waals surface area contributed by atoms with Gasteiger partial charge in [0, 0.05) is 10.9 Å². The molecule has 0 unspecified atom stereocenters. The number of carbonyl (C=O) groups is 2. The van der Waals surface area contributed by atoms with Gasteiger partial charge in [-0.15, -0.1) is 0 Å². The maximum atomic E-state index is 12.7. The highest BCUT2D eigenvalue weighted by Gasteiger charge is 2.32. The molecule has 0 aliphatic carbocycles. The van der Waals surface area contributed by atoms with Gasteiger partial charge in [0.1, 0.15) is 6.10 Å². The predicted octanol–water partition coefficient (Wildman–Crippen LogP) is 3.36. The van der Waals surface area contributed by atoms with E-state index >= 15 is 0 Å². The molecule has 9 heteroatoms. The summed E-state index contributed by atoms with van der Waals surface area (Å²) >= 11 is 9.40. The van der Waals surface area contributed by atoms with Gasteiger partial charge in [-0.2, -0.15) is 0 Å². The van der Waals surface area contributed by atoms with Crippen LogP contribution in [0.2, 0.25) is 5.02 Å². The lowest BCUT2D eigenvalue weighted by Crippen LogP contribution is -2.37. The van der Waals surface area contributed by atoms with Gasteiger partial charge in [-0.25, -0.2) is 9.78 Å². The van der Waals surface area contributed by atoms with E-state index in [4.69, 9.17) is 16.3 Å². The average Bonchev–Trinajstić information content (AvgIpc) is 3.18. The first-order valence-corrected chi connectivity index (χ1v) is 10.9. The van der Waals surface area contributed by atoms with Gasteiger partial charge in [0.15, 0.2) is 5.78 Å². The van der Waals surface area contributed by atoms with Crippen LogP contribution in [0, 0.1) is 0 Å². The van der Waals surface area contributed by atoms with Gasteiger partial charge in [-0.1, -0.05) is 29.8 Å². The molecular formula is C22H19BrClN3O4. The van der Waals surface area contributed by atoms with E-state index in [9.17, 15) is 14.4 Å². The molecule has 0 amide bonds. The second-order valence-corrected chi connectivity index (χ2v) is 8.62. The number of carbonyl (C=O) groups excluding carboxylic acids is 2. The van der Waals surface area contributed by atoms with Gasteiger partial charge in [0.25, 0.3) is 5.56 Å². The molecule has 0 saturated carbocycles. The van der Waals surface area contributed by atoms with Crippen LogP contribution in [0.3, 0.4) is 0 Å². The molecule has 3 aromatic rings. The molecular weight excluding hydrogens is 486 g/mol. The van der Waals surface area contributed by atoms with E-state index in [2.05, 4.69) is 26.2 Å². The number of aromatic nitrogens is 2. The van der Waals surface area contributed by atoms with Crippen molar-refractivity contribution in [1.29, 1.82) is 0 Å². The Labute approximate surface area is 191 Å². The molecule has 0 spiro atoms. The Morgan fingerprint density at radius 2 is 2.03 bits per heavy atom. The maximum Gasteiger partial charge on any atom is 0.338 e. The van der Waals surface area contributed by atoms with Crippen LogP contribution >= 0.6 is 27.5 Å². The number of Topliss-reactive ketones (excluding diaryl/α,β-unsaturated/α-hetero) is 1. The van der Waals surface area contributed by atoms with E-state index in [0.29, 0.717) is 38.9 Å². The smallest absolute Gasteiger partial charge is 0.338 e. The van der Waals surface area contributed by atoms with Crippen LogP contribution < -0.4 is 10.9 Å². The van der Waals surface area contributed by atoms with Crippen molar-refractivity contribution >= 4 is 50.2 Å². The number of rotatable bonds is 6. The van der Waals surface area contributed by atoms with Crippen LogP contribution in [0.4, 0.5) is 0 Å². The topological polar surface area (TPSA) is 90.3 Å². The zero-order valence-electron chi connectivity index (χ0n) is 16.4. The highest BCUT2D eigenvalue weighted by molar-refractivity contribution is 9.10. The minimum atomic E-state index is -0.412. The number of halogens is 2. The van der Waals surface area contributed by atoms with Gasteiger partial charge in [0.2, 0.25) is 0 Å². The highest BCUT2D eigenvalue weighted by Crippen LogP contribution is 2.25. The largest absolute Gasteiger partial charge is 0.457 e. The van der Waals surface area contributed by atoms with Crippen molar-refractivity contribution in [2.45, 2.75) is 31.5 Å². The Morgan fingerprint density at radius 3 is 2.81 bits per heavy atom. The summed E-state index contributed by atoms with van der Waals surface area (Å²) in [7, 11) is 0. The minimum absolute atomic E-state index is 0.118. The summed E-state index contributed by atoms with van der Waals surface area (Å²) in [5, 5.41) is 3.96. The summed E-state index contributed by atoms with van der Waals surface area (Å²) in [6.07, 6.45) is 1.72. The third kappa shape index (κ3) is 4.87. The van der Waals surface area contributed by atoms with Crippen molar-refractivity contribution < 1.29 is 14.3 Å². The molecule has 7 nitrogen and oxygen atoms in total. The van der Waals surface area contributed by atoms with Gasteiger partial charge in [0.05, 0.1) is 40.4 Å². The molecule has 1 aliphatic heterocycles. The number of ketones is 1. The molecule has 1 aromatic heterocycles. The van der Waals surface area contributed by atoms with Crippen molar-refractivity contribution in [2.75, 3.05) is 6.54 Å². The Morgan fingerprint density at radius 1 is 1.26 bits per heavy atom. The first-order valence-electron chi connectivity index (χ1n) is 9.77. The Hall–Kier alpha value is -2.55. The molecule has 2 heterocycles. The maximum absolute atomic E-state index is 12.7. The van der Waals surface area contributed by atoms with E-state index in [1.807, 2.05) is 6.07 Å². The number of nitrogens with one attached hydrogen (secondary N) is 1. The standard InChI is InChI=1S/C22H19BrClN3O4/c23-16-10-18-15(9-17(16)24)21(29)27(12-26-18)11-14(28)8-19-20(6-7-25-19)31-22(30)13-4-2-1-3-5-13/h1-5,9-10,12,19-20,25H,6-8,11H2/t19-,20+/m1/s1. The van der Waals surface area contributed by atoms with Crippen molar-refractivity contribution in [3.05, 3.63) is 74.2 Å². The fraction of sp³-hybridized carbons (Fsp3) is 0.273. The third-order valence-corrected chi connectivity index (χ3v) is 6.41.